The molecule has 0 aliphatic heterocycles. The molecule has 1 amide bonds. The smallest absolute Gasteiger partial charge is 0.374 e. The summed E-state index contributed by atoms with van der Waals surface area (Å²) in [6.45, 7) is 1.04. The van der Waals surface area contributed by atoms with Crippen LogP contribution in [0.2, 0.25) is 0 Å². The minimum Gasteiger partial charge on any atom is -0.477 e. The van der Waals surface area contributed by atoms with Gasteiger partial charge in [0.05, 0.1) is 0 Å². The number of hydrogen-bond donors (Lipinski definition) is 3. The Hall–Kier alpha value is -0.810. The second kappa shape index (κ2) is 2.85. The van der Waals surface area contributed by atoms with E-state index < -0.39 is 17.1 Å². The molecule has 0 spiro atoms. The lowest BCUT2D eigenvalue weighted by atomic mass is 10.5. The van der Waals surface area contributed by atoms with E-state index in [4.69, 9.17) is 21.8 Å². The van der Waals surface area contributed by atoms with Gasteiger partial charge in [-0.05, 0) is 0 Å². The highest BCUT2D eigenvalue weighted by Gasteiger charge is 2.33. The van der Waals surface area contributed by atoms with Crippen LogP contribution in [-0.4, -0.2) is 27.3 Å². The number of carboxylic acids is 1. The summed E-state index contributed by atoms with van der Waals surface area (Å²) in [7, 11) is 0. The molecule has 0 aromatic heterocycles. The molecule has 0 heterocycles. The van der Waals surface area contributed by atoms with Gasteiger partial charge < -0.3 is 15.5 Å². The van der Waals surface area contributed by atoms with Gasteiger partial charge in [-0.1, -0.05) is 11.6 Å². The lowest BCUT2D eigenvalue weighted by Gasteiger charge is -2.14. The summed E-state index contributed by atoms with van der Waals surface area (Å²) in [5.74, 6) is -2.44. The zero-order valence-corrected chi connectivity index (χ0v) is 5.84. The van der Waals surface area contributed by atoms with Crippen LogP contribution in [0.3, 0.4) is 0 Å². The second-order valence-electron chi connectivity index (χ2n) is 1.61. The van der Waals surface area contributed by atoms with Gasteiger partial charge in [-0.15, -0.1) is 0 Å². The number of alkyl halides is 1. The molecule has 5 nitrogen and oxygen atoms in total. The fraction of sp³-hybridized carbons (Fsp3) is 0.500. The van der Waals surface area contributed by atoms with Gasteiger partial charge in [-0.3, -0.25) is 4.79 Å². The van der Waals surface area contributed by atoms with Crippen LogP contribution in [0, 0.1) is 0 Å². The first-order chi connectivity index (χ1) is 4.36. The minimum atomic E-state index is -2.69. The molecule has 1 atom stereocenters. The molecule has 0 rings (SSSR count). The zero-order chi connectivity index (χ0) is 8.36. The van der Waals surface area contributed by atoms with Crippen LogP contribution < -0.4 is 5.32 Å². The average Bonchev–Trinajstić information content (AvgIpc) is 1.60. The maximum atomic E-state index is 10.1. The lowest BCUT2D eigenvalue weighted by Crippen LogP contribution is -2.49. The van der Waals surface area contributed by atoms with Crippen molar-refractivity contribution < 1.29 is 19.8 Å². The Balaban J connectivity index is 4.13. The number of amides is 1. The highest BCUT2D eigenvalue weighted by Crippen LogP contribution is 2.04. The predicted octanol–water partition coefficient (Wildman–Crippen LogP) is -0.908. The zero-order valence-electron chi connectivity index (χ0n) is 5.09. The van der Waals surface area contributed by atoms with Crippen LogP contribution in [0.15, 0.2) is 0 Å². The van der Waals surface area contributed by atoms with E-state index in [-0.39, 0.29) is 0 Å². The molecule has 0 aliphatic rings. The van der Waals surface area contributed by atoms with Crippen molar-refractivity contribution in [3.8, 4) is 0 Å². The van der Waals surface area contributed by atoms with Gasteiger partial charge in [0, 0.05) is 6.92 Å². The van der Waals surface area contributed by atoms with E-state index in [2.05, 4.69) is 0 Å². The van der Waals surface area contributed by atoms with E-state index in [1.54, 1.807) is 5.32 Å². The van der Waals surface area contributed by atoms with Gasteiger partial charge in [0.2, 0.25) is 5.91 Å². The standard InChI is InChI=1S/C4H6ClNO4/c1-2(7)6-4(5,10)3(8)9/h10H,1H3,(H,6,7)(H,8,9). The van der Waals surface area contributed by atoms with Gasteiger partial charge in [-0.25, -0.2) is 4.79 Å². The van der Waals surface area contributed by atoms with Gasteiger partial charge in [0.1, 0.15) is 0 Å². The molecular weight excluding hydrogens is 162 g/mol. The molecule has 0 fully saturated rings. The number of hydrogen-bond acceptors (Lipinski definition) is 3. The normalized spacial score (nSPS) is 15.5. The summed E-state index contributed by atoms with van der Waals surface area (Å²) >= 11 is 4.89. The maximum absolute atomic E-state index is 10.1. The number of nitrogens with one attached hydrogen (secondary N) is 1. The summed E-state index contributed by atoms with van der Waals surface area (Å²) in [6.07, 6.45) is 0. The molecule has 3 N–H and O–H groups in total. The van der Waals surface area contributed by atoms with Crippen LogP contribution in [-0.2, 0) is 9.59 Å². The largest absolute Gasteiger partial charge is 0.477 e. The number of aliphatic carboxylic acids is 1. The summed E-state index contributed by atoms with van der Waals surface area (Å²) in [5, 5.41) is 15.6. The Morgan fingerprint density at radius 1 is 1.60 bits per heavy atom. The lowest BCUT2D eigenvalue weighted by molar-refractivity contribution is -0.155. The molecule has 0 aliphatic carbocycles. The maximum Gasteiger partial charge on any atom is 0.374 e. The van der Waals surface area contributed by atoms with Crippen LogP contribution in [0.1, 0.15) is 6.92 Å². The van der Waals surface area contributed by atoms with Crippen molar-refractivity contribution >= 4 is 23.5 Å². The van der Waals surface area contributed by atoms with E-state index in [0.29, 0.717) is 0 Å². The van der Waals surface area contributed by atoms with E-state index in [1.807, 2.05) is 0 Å². The molecule has 58 valence electrons. The summed E-state index contributed by atoms with van der Waals surface area (Å²) in [6, 6.07) is 0. The summed E-state index contributed by atoms with van der Waals surface area (Å²) < 4.78 is 0. The fourth-order valence-corrected chi connectivity index (χ4v) is 0.420. The number of rotatable bonds is 2. The van der Waals surface area contributed by atoms with Crippen molar-refractivity contribution in [2.24, 2.45) is 0 Å². The van der Waals surface area contributed by atoms with Crippen molar-refractivity contribution in [3.05, 3.63) is 0 Å². The predicted molar refractivity (Wildman–Crippen MR) is 32.3 cm³/mol. The summed E-state index contributed by atoms with van der Waals surface area (Å²) in [4.78, 5) is 20.1. The van der Waals surface area contributed by atoms with Crippen molar-refractivity contribution in [2.75, 3.05) is 0 Å². The highest BCUT2D eigenvalue weighted by molar-refractivity contribution is 6.32. The second-order valence-corrected chi connectivity index (χ2v) is 2.16. The first-order valence-corrected chi connectivity index (χ1v) is 2.67. The monoisotopic (exact) mass is 167 g/mol. The molecule has 10 heavy (non-hydrogen) atoms. The molecule has 0 saturated heterocycles. The van der Waals surface area contributed by atoms with E-state index in [1.165, 1.54) is 0 Å². The van der Waals surface area contributed by atoms with Crippen molar-refractivity contribution in [2.45, 2.75) is 12.1 Å². The number of halogens is 1. The quantitative estimate of drug-likeness (QED) is 0.282. The van der Waals surface area contributed by atoms with E-state index in [0.717, 1.165) is 6.92 Å². The molecule has 0 aromatic rings. The molecule has 1 unspecified atom stereocenters. The van der Waals surface area contributed by atoms with Crippen LogP contribution in [0.4, 0.5) is 0 Å². The third-order valence-corrected chi connectivity index (χ3v) is 0.881. The first-order valence-electron chi connectivity index (χ1n) is 2.29. The third kappa shape index (κ3) is 2.65. The SMILES string of the molecule is CC(=O)NC(O)(Cl)C(=O)O. The fourth-order valence-electron chi connectivity index (χ4n) is 0.287. The number of carbonyl (C=O) groups is 2. The highest BCUT2D eigenvalue weighted by atomic mass is 35.5. The first kappa shape index (κ1) is 9.19. The Labute approximate surface area is 61.6 Å². The van der Waals surface area contributed by atoms with Crippen molar-refractivity contribution in [3.63, 3.8) is 0 Å². The number of carboxylic acid groups (broad SMARTS) is 1. The molecular formula is C4H6ClNO4. The van der Waals surface area contributed by atoms with Crippen LogP contribution in [0.25, 0.3) is 0 Å². The van der Waals surface area contributed by atoms with Crippen molar-refractivity contribution in [1.29, 1.82) is 0 Å². The Morgan fingerprint density at radius 3 is 2.10 bits per heavy atom. The molecule has 6 heteroatoms. The average molecular weight is 168 g/mol. The Bertz CT molecular complexity index is 167. The molecule has 0 radical (unpaired) electrons. The third-order valence-electron chi connectivity index (χ3n) is 0.625. The van der Waals surface area contributed by atoms with Gasteiger partial charge >= 0.3 is 11.2 Å². The molecule has 0 saturated carbocycles. The van der Waals surface area contributed by atoms with Gasteiger partial charge in [0.15, 0.2) is 0 Å². The topological polar surface area (TPSA) is 86.6 Å². The van der Waals surface area contributed by atoms with E-state index >= 15 is 0 Å². The molecule has 0 aromatic carbocycles. The Kier molecular flexibility index (Phi) is 2.62. The Morgan fingerprint density at radius 2 is 2.00 bits per heavy atom. The van der Waals surface area contributed by atoms with Gasteiger partial charge in [0.25, 0.3) is 0 Å². The van der Waals surface area contributed by atoms with Crippen molar-refractivity contribution in [1.82, 2.24) is 5.32 Å². The minimum absolute atomic E-state index is 0.722. The van der Waals surface area contributed by atoms with E-state index in [9.17, 15) is 9.59 Å². The van der Waals surface area contributed by atoms with Crippen LogP contribution in [0.5, 0.6) is 0 Å². The summed E-state index contributed by atoms with van der Waals surface area (Å²) in [5.41, 5.74) is 0. The van der Waals surface area contributed by atoms with Gasteiger partial charge in [-0.2, -0.15) is 0 Å². The number of aliphatic hydroxyl groups is 1. The van der Waals surface area contributed by atoms with Crippen LogP contribution >= 0.6 is 11.6 Å². The molecule has 0 bridgehead atoms. The number of carbonyl (C=O) groups excluding carboxylic acids is 1.